The quantitative estimate of drug-likeness (QED) is 0.564. The molecule has 3 aromatic rings. The van der Waals surface area contributed by atoms with E-state index >= 15 is 0 Å². The average molecular weight is 440 g/mol. The molecule has 8 heteroatoms. The van der Waals surface area contributed by atoms with E-state index in [1.54, 1.807) is 39.3 Å². The van der Waals surface area contributed by atoms with Crippen molar-refractivity contribution in [2.45, 2.75) is 45.8 Å². The summed E-state index contributed by atoms with van der Waals surface area (Å²) in [7, 11) is 3.13. The minimum Gasteiger partial charge on any atom is -0.497 e. The smallest absolute Gasteiger partial charge is 0.261 e. The maximum atomic E-state index is 12.4. The highest BCUT2D eigenvalue weighted by Gasteiger charge is 2.19. The fourth-order valence-electron chi connectivity index (χ4n) is 3.02. The monoisotopic (exact) mass is 439 g/mol. The average Bonchev–Trinajstić information content (AvgIpc) is 3.25. The van der Waals surface area contributed by atoms with E-state index in [-0.39, 0.29) is 23.8 Å². The molecule has 0 aliphatic heterocycles. The fourth-order valence-corrected chi connectivity index (χ4v) is 3.02. The van der Waals surface area contributed by atoms with Gasteiger partial charge in [-0.3, -0.25) is 4.79 Å². The van der Waals surface area contributed by atoms with Crippen molar-refractivity contribution < 1.29 is 23.5 Å². The number of hydrogen-bond donors (Lipinski definition) is 1. The van der Waals surface area contributed by atoms with Crippen LogP contribution in [0.2, 0.25) is 0 Å². The first-order valence-corrected chi connectivity index (χ1v) is 10.3. The van der Waals surface area contributed by atoms with Crippen LogP contribution in [0, 0.1) is 0 Å². The predicted octanol–water partition coefficient (Wildman–Crippen LogP) is 4.14. The molecule has 8 nitrogen and oxygen atoms in total. The third-order valence-electron chi connectivity index (χ3n) is 4.93. The molecular weight excluding hydrogens is 410 g/mol. The van der Waals surface area contributed by atoms with Gasteiger partial charge in [0.25, 0.3) is 5.91 Å². The lowest BCUT2D eigenvalue weighted by atomic mass is 9.87. The van der Waals surface area contributed by atoms with Crippen LogP contribution in [0.1, 0.15) is 39.1 Å². The molecule has 2 aromatic carbocycles. The Balaban J connectivity index is 1.58. The molecule has 1 heterocycles. The van der Waals surface area contributed by atoms with Gasteiger partial charge in [0.1, 0.15) is 17.2 Å². The molecule has 0 saturated carbocycles. The third-order valence-corrected chi connectivity index (χ3v) is 4.93. The second-order valence-electron chi connectivity index (χ2n) is 8.33. The number of aromatic nitrogens is 2. The van der Waals surface area contributed by atoms with E-state index in [9.17, 15) is 4.79 Å². The Hall–Kier alpha value is -3.55. The molecule has 0 bridgehead atoms. The Morgan fingerprint density at radius 2 is 1.75 bits per heavy atom. The van der Waals surface area contributed by atoms with Crippen LogP contribution < -0.4 is 19.5 Å². The van der Waals surface area contributed by atoms with Gasteiger partial charge in [0, 0.05) is 6.07 Å². The third kappa shape index (κ3) is 5.57. The van der Waals surface area contributed by atoms with E-state index in [0.29, 0.717) is 28.6 Å². The van der Waals surface area contributed by atoms with Gasteiger partial charge in [-0.2, -0.15) is 4.98 Å². The normalized spacial score (nSPS) is 12.2. The number of carbonyl (C=O) groups excluding carboxylic acids is 1. The molecule has 1 aromatic heterocycles. The van der Waals surface area contributed by atoms with Crippen molar-refractivity contribution in [2.24, 2.45) is 0 Å². The number of hydrogen-bond acceptors (Lipinski definition) is 7. The first-order valence-electron chi connectivity index (χ1n) is 10.3. The molecule has 1 atom stereocenters. The van der Waals surface area contributed by atoms with E-state index in [4.69, 9.17) is 18.7 Å². The number of benzene rings is 2. The molecule has 0 fully saturated rings. The number of methoxy groups -OCH3 is 2. The zero-order valence-corrected chi connectivity index (χ0v) is 19.3. The van der Waals surface area contributed by atoms with Gasteiger partial charge in [0.05, 0.1) is 26.3 Å². The summed E-state index contributed by atoms with van der Waals surface area (Å²) >= 11 is 0. The van der Waals surface area contributed by atoms with Crippen LogP contribution in [0.3, 0.4) is 0 Å². The molecular formula is C24H29N3O5. The van der Waals surface area contributed by atoms with Gasteiger partial charge in [-0.25, -0.2) is 0 Å². The van der Waals surface area contributed by atoms with E-state index in [0.717, 1.165) is 0 Å². The van der Waals surface area contributed by atoms with Crippen molar-refractivity contribution in [1.29, 1.82) is 0 Å². The lowest BCUT2D eigenvalue weighted by Gasteiger charge is -2.20. The van der Waals surface area contributed by atoms with Gasteiger partial charge in [0.2, 0.25) is 11.7 Å². The highest BCUT2D eigenvalue weighted by atomic mass is 16.5. The Bertz CT molecular complexity index is 1050. The first kappa shape index (κ1) is 23.1. The molecule has 0 aliphatic rings. The van der Waals surface area contributed by atoms with Crippen LogP contribution in [-0.2, 0) is 16.8 Å². The van der Waals surface area contributed by atoms with E-state index in [1.165, 1.54) is 5.56 Å². The second-order valence-corrected chi connectivity index (χ2v) is 8.33. The van der Waals surface area contributed by atoms with Crippen molar-refractivity contribution in [2.75, 3.05) is 14.2 Å². The Morgan fingerprint density at radius 3 is 2.38 bits per heavy atom. The maximum absolute atomic E-state index is 12.4. The molecule has 170 valence electrons. The van der Waals surface area contributed by atoms with Crippen LogP contribution in [0.25, 0.3) is 11.4 Å². The molecule has 1 N–H and O–H groups in total. The molecule has 0 aliphatic carbocycles. The van der Waals surface area contributed by atoms with Gasteiger partial charge in [-0.1, -0.05) is 38.1 Å². The van der Waals surface area contributed by atoms with Crippen molar-refractivity contribution in [3.05, 3.63) is 53.9 Å². The van der Waals surface area contributed by atoms with Crippen LogP contribution in [0.4, 0.5) is 0 Å². The summed E-state index contributed by atoms with van der Waals surface area (Å²) in [6.07, 6.45) is -0.681. The molecule has 0 unspecified atom stereocenters. The van der Waals surface area contributed by atoms with E-state index in [1.807, 2.05) is 24.3 Å². The number of rotatable bonds is 8. The molecule has 1 amide bonds. The van der Waals surface area contributed by atoms with Gasteiger partial charge >= 0.3 is 0 Å². The first-order chi connectivity index (χ1) is 15.2. The van der Waals surface area contributed by atoms with Crippen LogP contribution >= 0.6 is 0 Å². The highest BCUT2D eigenvalue weighted by Crippen LogP contribution is 2.31. The number of carbonyl (C=O) groups is 1. The van der Waals surface area contributed by atoms with Gasteiger partial charge < -0.3 is 24.1 Å². The zero-order chi connectivity index (χ0) is 23.3. The minimum absolute atomic E-state index is 0.0558. The standard InChI is InChI=1S/C24H29N3O5/c1-15(31-17-9-7-16(8-10-17)24(2,3)4)23(28)25-14-21-26-22(27-32-21)19-12-11-18(29-5)13-20(19)30-6/h7-13,15H,14H2,1-6H3,(H,25,28)/t15-/m0/s1. The molecule has 0 radical (unpaired) electrons. The lowest BCUT2D eigenvalue weighted by Crippen LogP contribution is -2.36. The van der Waals surface area contributed by atoms with Crippen molar-refractivity contribution in [3.63, 3.8) is 0 Å². The minimum atomic E-state index is -0.681. The number of nitrogens with one attached hydrogen (secondary N) is 1. The van der Waals surface area contributed by atoms with Gasteiger partial charge in [-0.05, 0) is 42.2 Å². The van der Waals surface area contributed by atoms with Crippen molar-refractivity contribution >= 4 is 5.91 Å². The van der Waals surface area contributed by atoms with Crippen molar-refractivity contribution in [3.8, 4) is 28.6 Å². The second kappa shape index (κ2) is 9.72. The van der Waals surface area contributed by atoms with Gasteiger partial charge in [0.15, 0.2) is 6.10 Å². The van der Waals surface area contributed by atoms with Crippen LogP contribution in [0.15, 0.2) is 47.0 Å². The number of ether oxygens (including phenoxy) is 3. The van der Waals surface area contributed by atoms with Crippen molar-refractivity contribution in [1.82, 2.24) is 15.5 Å². The number of amides is 1. The summed E-state index contributed by atoms with van der Waals surface area (Å²) in [5.41, 5.74) is 1.91. The molecule has 0 spiro atoms. The molecule has 0 saturated heterocycles. The van der Waals surface area contributed by atoms with Crippen LogP contribution in [0.5, 0.6) is 17.2 Å². The summed E-state index contributed by atoms with van der Waals surface area (Å²) in [6.45, 7) is 8.21. The molecule has 32 heavy (non-hydrogen) atoms. The Kier molecular flexibility index (Phi) is 7.02. The Labute approximate surface area is 187 Å². The van der Waals surface area contributed by atoms with E-state index < -0.39 is 6.10 Å². The predicted molar refractivity (Wildman–Crippen MR) is 120 cm³/mol. The summed E-state index contributed by atoms with van der Waals surface area (Å²) in [5.74, 6) is 2.19. The van der Waals surface area contributed by atoms with E-state index in [2.05, 4.69) is 36.2 Å². The topological polar surface area (TPSA) is 95.7 Å². The number of nitrogens with zero attached hydrogens (tertiary/aromatic N) is 2. The Morgan fingerprint density at radius 1 is 1.06 bits per heavy atom. The molecule has 3 rings (SSSR count). The summed E-state index contributed by atoms with van der Waals surface area (Å²) in [5, 5.41) is 6.73. The fraction of sp³-hybridized carbons (Fsp3) is 0.375. The maximum Gasteiger partial charge on any atom is 0.261 e. The van der Waals surface area contributed by atoms with Gasteiger partial charge in [-0.15, -0.1) is 0 Å². The summed E-state index contributed by atoms with van der Waals surface area (Å²) in [4.78, 5) is 16.8. The largest absolute Gasteiger partial charge is 0.497 e. The zero-order valence-electron chi connectivity index (χ0n) is 19.3. The highest BCUT2D eigenvalue weighted by molar-refractivity contribution is 5.80. The van der Waals surface area contributed by atoms with Crippen LogP contribution in [-0.4, -0.2) is 36.4 Å². The summed E-state index contributed by atoms with van der Waals surface area (Å²) in [6, 6.07) is 13.1. The summed E-state index contributed by atoms with van der Waals surface area (Å²) < 4.78 is 21.6. The SMILES string of the molecule is COc1ccc(-c2noc(CNC(=O)[C@H](C)Oc3ccc(C(C)(C)C)cc3)n2)c(OC)c1. The lowest BCUT2D eigenvalue weighted by molar-refractivity contribution is -0.127.